The van der Waals surface area contributed by atoms with E-state index in [2.05, 4.69) is 4.98 Å². The van der Waals surface area contributed by atoms with Crippen molar-refractivity contribution in [1.29, 1.82) is 0 Å². The predicted molar refractivity (Wildman–Crippen MR) is 63.0 cm³/mol. The summed E-state index contributed by atoms with van der Waals surface area (Å²) in [6, 6.07) is 1.66. The zero-order chi connectivity index (χ0) is 11.5. The molecular weight excluding hydrogens is 202 g/mol. The highest BCUT2D eigenvalue weighted by Crippen LogP contribution is 2.30. The van der Waals surface area contributed by atoms with Crippen LogP contribution in [-0.2, 0) is 0 Å². The maximum absolute atomic E-state index is 12.2. The van der Waals surface area contributed by atoms with Gasteiger partial charge in [0.2, 0.25) is 0 Å². The second-order valence-corrected chi connectivity index (χ2v) is 4.25. The van der Waals surface area contributed by atoms with Gasteiger partial charge in [0.1, 0.15) is 0 Å². The van der Waals surface area contributed by atoms with Crippen molar-refractivity contribution in [3.05, 3.63) is 24.0 Å². The first-order valence-electron chi connectivity index (χ1n) is 5.71. The van der Waals surface area contributed by atoms with Gasteiger partial charge in [0.15, 0.2) is 0 Å². The number of aromatic nitrogens is 1. The standard InChI is InChI=1S/C12H17N3O/c1-2-15(8-9-3-4-9)12(16)10-7-14-6-5-11(10)13/h5-7,9H,2-4,8H2,1H3,(H2,13,14). The molecule has 2 N–H and O–H groups in total. The molecule has 0 atom stereocenters. The maximum atomic E-state index is 12.2. The average Bonchev–Trinajstić information content (AvgIpc) is 3.09. The summed E-state index contributed by atoms with van der Waals surface area (Å²) in [5, 5.41) is 0. The van der Waals surface area contributed by atoms with Gasteiger partial charge in [0, 0.05) is 31.2 Å². The molecule has 0 unspecified atom stereocenters. The van der Waals surface area contributed by atoms with Crippen molar-refractivity contribution in [2.45, 2.75) is 19.8 Å². The minimum atomic E-state index is 0.000000000000000444. The van der Waals surface area contributed by atoms with Crippen LogP contribution in [0.1, 0.15) is 30.1 Å². The van der Waals surface area contributed by atoms with Gasteiger partial charge < -0.3 is 10.6 Å². The van der Waals surface area contributed by atoms with Gasteiger partial charge in [-0.25, -0.2) is 0 Å². The second-order valence-electron chi connectivity index (χ2n) is 4.25. The number of nitrogens with two attached hydrogens (primary N) is 1. The molecule has 0 radical (unpaired) electrons. The highest BCUT2D eigenvalue weighted by atomic mass is 16.2. The number of rotatable bonds is 4. The molecule has 1 amide bonds. The Morgan fingerprint density at radius 1 is 1.62 bits per heavy atom. The zero-order valence-corrected chi connectivity index (χ0v) is 9.52. The molecule has 1 fully saturated rings. The normalized spacial score (nSPS) is 14.8. The van der Waals surface area contributed by atoms with Crippen molar-refractivity contribution in [2.24, 2.45) is 5.92 Å². The molecule has 1 aliphatic carbocycles. The third-order valence-corrected chi connectivity index (χ3v) is 2.93. The summed E-state index contributed by atoms with van der Waals surface area (Å²) in [6.45, 7) is 3.57. The third-order valence-electron chi connectivity index (χ3n) is 2.93. The number of carbonyl (C=O) groups is 1. The first kappa shape index (κ1) is 10.9. The fourth-order valence-corrected chi connectivity index (χ4v) is 1.72. The van der Waals surface area contributed by atoms with Crippen LogP contribution < -0.4 is 5.73 Å². The average molecular weight is 219 g/mol. The fourth-order valence-electron chi connectivity index (χ4n) is 1.72. The van der Waals surface area contributed by atoms with E-state index in [0.29, 0.717) is 17.2 Å². The summed E-state index contributed by atoms with van der Waals surface area (Å²) in [5.41, 5.74) is 6.80. The Labute approximate surface area is 95.5 Å². The van der Waals surface area contributed by atoms with Gasteiger partial charge in [-0.2, -0.15) is 0 Å². The molecule has 2 rings (SSSR count). The smallest absolute Gasteiger partial charge is 0.257 e. The lowest BCUT2D eigenvalue weighted by atomic mass is 10.2. The first-order chi connectivity index (χ1) is 7.72. The number of anilines is 1. The lowest BCUT2D eigenvalue weighted by Gasteiger charge is -2.21. The maximum Gasteiger partial charge on any atom is 0.257 e. The molecule has 4 heteroatoms. The van der Waals surface area contributed by atoms with E-state index in [9.17, 15) is 4.79 Å². The fraction of sp³-hybridized carbons (Fsp3) is 0.500. The molecule has 1 aromatic rings. The molecule has 0 aliphatic heterocycles. The second kappa shape index (κ2) is 4.51. The molecule has 86 valence electrons. The van der Waals surface area contributed by atoms with Gasteiger partial charge in [-0.05, 0) is 31.7 Å². The first-order valence-corrected chi connectivity index (χ1v) is 5.71. The monoisotopic (exact) mass is 219 g/mol. The van der Waals surface area contributed by atoms with E-state index in [1.54, 1.807) is 18.5 Å². The van der Waals surface area contributed by atoms with E-state index >= 15 is 0 Å². The molecule has 1 aliphatic rings. The van der Waals surface area contributed by atoms with Crippen LogP contribution in [0.5, 0.6) is 0 Å². The lowest BCUT2D eigenvalue weighted by Crippen LogP contribution is -2.33. The lowest BCUT2D eigenvalue weighted by molar-refractivity contribution is 0.0757. The minimum Gasteiger partial charge on any atom is -0.398 e. The number of hydrogen-bond acceptors (Lipinski definition) is 3. The number of amides is 1. The Balaban J connectivity index is 2.12. The third kappa shape index (κ3) is 2.32. The molecule has 1 heterocycles. The van der Waals surface area contributed by atoms with Gasteiger partial charge in [0.05, 0.1) is 5.56 Å². The molecule has 16 heavy (non-hydrogen) atoms. The molecule has 0 bridgehead atoms. The van der Waals surface area contributed by atoms with Crippen molar-refractivity contribution in [3.63, 3.8) is 0 Å². The molecule has 4 nitrogen and oxygen atoms in total. The van der Waals surface area contributed by atoms with E-state index in [1.807, 2.05) is 11.8 Å². The van der Waals surface area contributed by atoms with E-state index < -0.39 is 0 Å². The van der Waals surface area contributed by atoms with Gasteiger partial charge >= 0.3 is 0 Å². The van der Waals surface area contributed by atoms with Crippen LogP contribution in [0.3, 0.4) is 0 Å². The summed E-state index contributed by atoms with van der Waals surface area (Å²) in [6.07, 6.45) is 5.63. The number of carbonyl (C=O) groups excluding carboxylic acids is 1. The Bertz CT molecular complexity index is 388. The molecular formula is C12H17N3O. The van der Waals surface area contributed by atoms with Crippen LogP contribution in [0.25, 0.3) is 0 Å². The Kier molecular flexibility index (Phi) is 3.08. The van der Waals surface area contributed by atoms with Crippen molar-refractivity contribution >= 4 is 11.6 Å². The summed E-state index contributed by atoms with van der Waals surface area (Å²) in [5.74, 6) is 0.696. The van der Waals surface area contributed by atoms with E-state index in [1.165, 1.54) is 12.8 Å². The number of hydrogen-bond donors (Lipinski definition) is 1. The Morgan fingerprint density at radius 2 is 2.38 bits per heavy atom. The largest absolute Gasteiger partial charge is 0.398 e. The van der Waals surface area contributed by atoms with Crippen molar-refractivity contribution in [2.75, 3.05) is 18.8 Å². The van der Waals surface area contributed by atoms with Crippen LogP contribution in [0, 0.1) is 5.92 Å². The van der Waals surface area contributed by atoms with Gasteiger partial charge in [-0.15, -0.1) is 0 Å². The SMILES string of the molecule is CCN(CC1CC1)C(=O)c1cnccc1N. The van der Waals surface area contributed by atoms with Gasteiger partial charge in [-0.1, -0.05) is 0 Å². The van der Waals surface area contributed by atoms with Gasteiger partial charge in [0.25, 0.3) is 5.91 Å². The molecule has 0 spiro atoms. The van der Waals surface area contributed by atoms with E-state index in [-0.39, 0.29) is 5.91 Å². The molecule has 0 aromatic carbocycles. The number of pyridine rings is 1. The topological polar surface area (TPSA) is 59.2 Å². The summed E-state index contributed by atoms with van der Waals surface area (Å²) in [4.78, 5) is 18.0. The van der Waals surface area contributed by atoms with E-state index in [4.69, 9.17) is 5.73 Å². The summed E-state index contributed by atoms with van der Waals surface area (Å²) >= 11 is 0. The Hall–Kier alpha value is -1.58. The van der Waals surface area contributed by atoms with Gasteiger partial charge in [-0.3, -0.25) is 9.78 Å². The highest BCUT2D eigenvalue weighted by molar-refractivity contribution is 5.98. The van der Waals surface area contributed by atoms with Crippen molar-refractivity contribution in [1.82, 2.24) is 9.88 Å². The highest BCUT2D eigenvalue weighted by Gasteiger charge is 2.27. The number of nitrogen functional groups attached to an aromatic ring is 1. The van der Waals surface area contributed by atoms with E-state index in [0.717, 1.165) is 13.1 Å². The van der Waals surface area contributed by atoms with Crippen molar-refractivity contribution in [3.8, 4) is 0 Å². The Morgan fingerprint density at radius 3 is 2.94 bits per heavy atom. The van der Waals surface area contributed by atoms with Crippen LogP contribution >= 0.6 is 0 Å². The molecule has 0 saturated heterocycles. The molecule has 1 saturated carbocycles. The predicted octanol–water partition coefficient (Wildman–Crippen LogP) is 1.54. The van der Waals surface area contributed by atoms with Crippen LogP contribution in [0.2, 0.25) is 0 Å². The quantitative estimate of drug-likeness (QED) is 0.835. The minimum absolute atomic E-state index is 0.000000000000000444. The summed E-state index contributed by atoms with van der Waals surface area (Å²) < 4.78 is 0. The van der Waals surface area contributed by atoms with Crippen molar-refractivity contribution < 1.29 is 4.79 Å². The summed E-state index contributed by atoms with van der Waals surface area (Å²) in [7, 11) is 0. The van der Waals surface area contributed by atoms with Crippen LogP contribution in [0.15, 0.2) is 18.5 Å². The molecule has 1 aromatic heterocycles. The van der Waals surface area contributed by atoms with Crippen LogP contribution in [0.4, 0.5) is 5.69 Å². The number of nitrogens with zero attached hydrogens (tertiary/aromatic N) is 2. The zero-order valence-electron chi connectivity index (χ0n) is 9.52. The van der Waals surface area contributed by atoms with Crippen LogP contribution in [-0.4, -0.2) is 28.9 Å².